The van der Waals surface area contributed by atoms with E-state index in [0.29, 0.717) is 40.2 Å². The van der Waals surface area contributed by atoms with E-state index >= 15 is 0 Å². The number of halogens is 3. The van der Waals surface area contributed by atoms with Crippen molar-refractivity contribution in [1.82, 2.24) is 4.98 Å². The Morgan fingerprint density at radius 2 is 2.10 bits per heavy atom. The molecular formula is C21H17F3N2O3S. The van der Waals surface area contributed by atoms with E-state index in [4.69, 9.17) is 4.74 Å². The van der Waals surface area contributed by atoms with Crippen LogP contribution in [0.25, 0.3) is 15.8 Å². The van der Waals surface area contributed by atoms with Crippen LogP contribution in [0.15, 0.2) is 42.5 Å². The largest absolute Gasteiger partial charge is 0.493 e. The number of nitrogens with one attached hydrogen (secondary N) is 1. The molecule has 5 nitrogen and oxygen atoms in total. The monoisotopic (exact) mass is 434 g/mol. The van der Waals surface area contributed by atoms with Crippen molar-refractivity contribution in [1.29, 1.82) is 0 Å². The second kappa shape index (κ2) is 8.08. The number of hydrogen-bond donors (Lipinski definition) is 2. The van der Waals surface area contributed by atoms with Crippen molar-refractivity contribution in [2.75, 3.05) is 11.9 Å². The molecule has 30 heavy (non-hydrogen) atoms. The van der Waals surface area contributed by atoms with Gasteiger partial charge in [0.15, 0.2) is 0 Å². The van der Waals surface area contributed by atoms with Crippen LogP contribution in [0.3, 0.4) is 0 Å². The summed E-state index contributed by atoms with van der Waals surface area (Å²) in [5.74, 6) is -0.267. The number of benzene rings is 2. The molecule has 0 saturated carbocycles. The number of aromatic nitrogens is 1. The molecule has 2 N–H and O–H groups in total. The van der Waals surface area contributed by atoms with Gasteiger partial charge in [-0.2, -0.15) is 13.2 Å². The zero-order valence-corrected chi connectivity index (χ0v) is 16.4. The van der Waals surface area contributed by atoms with Crippen molar-refractivity contribution in [3.63, 3.8) is 0 Å². The Morgan fingerprint density at radius 3 is 2.87 bits per heavy atom. The smallest absolute Gasteiger partial charge is 0.416 e. The van der Waals surface area contributed by atoms with Crippen molar-refractivity contribution in [3.05, 3.63) is 58.6 Å². The highest BCUT2D eigenvalue weighted by Crippen LogP contribution is 2.38. The number of anilines is 1. The quantitative estimate of drug-likeness (QED) is 0.569. The molecule has 2 aromatic carbocycles. The van der Waals surface area contributed by atoms with Gasteiger partial charge in [-0.05, 0) is 48.7 Å². The van der Waals surface area contributed by atoms with Crippen LogP contribution in [0.4, 0.5) is 18.9 Å². The van der Waals surface area contributed by atoms with E-state index in [1.54, 1.807) is 12.1 Å². The third-order valence-corrected chi connectivity index (χ3v) is 5.66. The first-order valence-corrected chi connectivity index (χ1v) is 10.0. The van der Waals surface area contributed by atoms with E-state index in [-0.39, 0.29) is 19.0 Å². The molecule has 0 aliphatic carbocycles. The van der Waals surface area contributed by atoms with E-state index in [0.717, 1.165) is 16.8 Å². The average Bonchev–Trinajstić information content (AvgIpc) is 3.01. The highest BCUT2D eigenvalue weighted by atomic mass is 32.1. The normalized spacial score (nSPS) is 15.5. The number of thiazole rings is 1. The number of fused-ring (bicyclic) bond motifs is 2. The van der Waals surface area contributed by atoms with Gasteiger partial charge in [0.25, 0.3) is 0 Å². The lowest BCUT2D eigenvalue weighted by atomic mass is 9.99. The van der Waals surface area contributed by atoms with Crippen LogP contribution in [-0.2, 0) is 17.6 Å². The molecule has 1 aliphatic rings. The maximum atomic E-state index is 13.0. The van der Waals surface area contributed by atoms with Gasteiger partial charge in [-0.1, -0.05) is 6.07 Å². The molecule has 1 amide bonds. The lowest BCUT2D eigenvalue weighted by Gasteiger charge is -2.13. The molecule has 2 heterocycles. The molecule has 0 atom stereocenters. The number of allylic oxidation sites excluding steroid dienone is 1. The molecule has 4 rings (SSSR count). The highest BCUT2D eigenvalue weighted by Gasteiger charge is 2.32. The van der Waals surface area contributed by atoms with Gasteiger partial charge in [0.2, 0.25) is 5.91 Å². The number of aliphatic hydroxyl groups excluding tert-OH is 1. The number of ether oxygens (including phenoxy) is 1. The SMILES string of the molecule is O=C(/C=C1\CCCOc2cc(C(F)(F)F)ccc21)Nc1ccc2sc(CO)nc2c1. The molecule has 0 radical (unpaired) electrons. The fraction of sp³-hybridized carbons (Fsp3) is 0.238. The number of alkyl halides is 3. The minimum Gasteiger partial charge on any atom is -0.493 e. The zero-order chi connectivity index (χ0) is 21.3. The van der Waals surface area contributed by atoms with Crippen molar-refractivity contribution in [2.24, 2.45) is 0 Å². The predicted octanol–water partition coefficient (Wildman–Crippen LogP) is 5.00. The Labute approximate surface area is 173 Å². The van der Waals surface area contributed by atoms with Crippen molar-refractivity contribution in [2.45, 2.75) is 25.6 Å². The van der Waals surface area contributed by atoms with Crippen LogP contribution in [0.5, 0.6) is 5.75 Å². The summed E-state index contributed by atoms with van der Waals surface area (Å²) < 4.78 is 45.3. The molecule has 0 saturated heterocycles. The average molecular weight is 434 g/mol. The molecule has 9 heteroatoms. The molecular weight excluding hydrogens is 417 g/mol. The van der Waals surface area contributed by atoms with Gasteiger partial charge in [-0.3, -0.25) is 4.79 Å². The molecule has 0 fully saturated rings. The van der Waals surface area contributed by atoms with Crippen LogP contribution in [0, 0.1) is 0 Å². The Balaban J connectivity index is 1.59. The summed E-state index contributed by atoms with van der Waals surface area (Å²) in [6.07, 6.45) is -1.97. The summed E-state index contributed by atoms with van der Waals surface area (Å²) in [5.41, 5.74) is 1.52. The summed E-state index contributed by atoms with van der Waals surface area (Å²) in [5, 5.41) is 12.5. The van der Waals surface area contributed by atoms with Crippen LogP contribution in [0.1, 0.15) is 29.0 Å². The topological polar surface area (TPSA) is 71.5 Å². The molecule has 156 valence electrons. The number of amides is 1. The summed E-state index contributed by atoms with van der Waals surface area (Å²) in [6.45, 7) is 0.131. The van der Waals surface area contributed by atoms with Gasteiger partial charge in [0, 0.05) is 17.3 Å². The van der Waals surface area contributed by atoms with E-state index in [1.165, 1.54) is 23.5 Å². The Bertz CT molecular complexity index is 1140. The summed E-state index contributed by atoms with van der Waals surface area (Å²) in [4.78, 5) is 16.8. The maximum Gasteiger partial charge on any atom is 0.416 e. The van der Waals surface area contributed by atoms with Crippen LogP contribution in [-0.4, -0.2) is 22.6 Å². The predicted molar refractivity (Wildman–Crippen MR) is 108 cm³/mol. The minimum atomic E-state index is -4.46. The van der Waals surface area contributed by atoms with E-state index in [2.05, 4.69) is 10.3 Å². The lowest BCUT2D eigenvalue weighted by molar-refractivity contribution is -0.137. The standard InChI is InChI=1S/C21H17F3N2O3S/c22-21(23,24)13-3-5-15-12(2-1-7-29-17(15)9-13)8-19(28)25-14-4-6-18-16(10-14)26-20(11-27)30-18/h3-6,8-10,27H,1-2,7,11H2,(H,25,28)/b12-8+. The fourth-order valence-electron chi connectivity index (χ4n) is 3.27. The van der Waals surface area contributed by atoms with Crippen molar-refractivity contribution in [3.8, 4) is 5.75 Å². The van der Waals surface area contributed by atoms with Crippen LogP contribution < -0.4 is 10.1 Å². The number of nitrogens with zero attached hydrogens (tertiary/aromatic N) is 1. The van der Waals surface area contributed by atoms with Crippen molar-refractivity contribution >= 4 is 38.7 Å². The minimum absolute atomic E-state index is 0.127. The third kappa shape index (κ3) is 4.31. The molecule has 0 spiro atoms. The molecule has 0 bridgehead atoms. The Morgan fingerprint density at radius 1 is 1.27 bits per heavy atom. The van der Waals surface area contributed by atoms with Gasteiger partial charge in [-0.25, -0.2) is 4.98 Å². The Kier molecular flexibility index (Phi) is 5.48. The number of aliphatic hydroxyl groups is 1. The number of hydrogen-bond acceptors (Lipinski definition) is 5. The van der Waals surface area contributed by atoms with Crippen molar-refractivity contribution < 1.29 is 27.8 Å². The fourth-order valence-corrected chi connectivity index (χ4v) is 4.08. The third-order valence-electron chi connectivity index (χ3n) is 4.64. The summed E-state index contributed by atoms with van der Waals surface area (Å²) in [6, 6.07) is 8.57. The molecule has 0 unspecified atom stereocenters. The summed E-state index contributed by atoms with van der Waals surface area (Å²) in [7, 11) is 0. The second-order valence-corrected chi connectivity index (χ2v) is 7.88. The molecule has 1 aromatic heterocycles. The van der Waals surface area contributed by atoms with Crippen LogP contribution >= 0.6 is 11.3 Å². The van der Waals surface area contributed by atoms with Gasteiger partial charge < -0.3 is 15.2 Å². The number of carbonyl (C=O) groups excluding carboxylic acids is 1. The zero-order valence-electron chi connectivity index (χ0n) is 15.6. The van der Waals surface area contributed by atoms with E-state index in [9.17, 15) is 23.1 Å². The van der Waals surface area contributed by atoms with E-state index < -0.39 is 17.6 Å². The molecule has 3 aromatic rings. The Hall–Kier alpha value is -2.91. The van der Waals surface area contributed by atoms with Gasteiger partial charge >= 0.3 is 6.18 Å². The molecule has 1 aliphatic heterocycles. The van der Waals surface area contributed by atoms with Gasteiger partial charge in [0.1, 0.15) is 10.8 Å². The van der Waals surface area contributed by atoms with Crippen LogP contribution in [0.2, 0.25) is 0 Å². The first kappa shape index (κ1) is 20.4. The number of rotatable bonds is 3. The van der Waals surface area contributed by atoms with Gasteiger partial charge in [-0.15, -0.1) is 11.3 Å². The first-order valence-electron chi connectivity index (χ1n) is 9.20. The number of carbonyl (C=O) groups is 1. The van der Waals surface area contributed by atoms with Gasteiger partial charge in [0.05, 0.1) is 29.0 Å². The first-order chi connectivity index (χ1) is 14.3. The van der Waals surface area contributed by atoms with E-state index in [1.807, 2.05) is 6.07 Å². The second-order valence-electron chi connectivity index (χ2n) is 6.77. The lowest BCUT2D eigenvalue weighted by Crippen LogP contribution is -2.09. The highest BCUT2D eigenvalue weighted by molar-refractivity contribution is 7.18. The summed E-state index contributed by atoms with van der Waals surface area (Å²) >= 11 is 1.37. The maximum absolute atomic E-state index is 13.0.